The Labute approximate surface area is 198 Å². The van der Waals surface area contributed by atoms with Gasteiger partial charge >= 0.3 is 0 Å². The van der Waals surface area contributed by atoms with Gasteiger partial charge in [-0.15, -0.1) is 0 Å². The maximum absolute atomic E-state index is 6.07. The molecule has 1 aliphatic heterocycles. The van der Waals surface area contributed by atoms with Crippen LogP contribution in [-0.4, -0.2) is 24.7 Å². The molecule has 0 bridgehead atoms. The van der Waals surface area contributed by atoms with Gasteiger partial charge in [0.25, 0.3) is 0 Å². The zero-order valence-corrected chi connectivity index (χ0v) is 20.6. The van der Waals surface area contributed by atoms with Gasteiger partial charge in [0.1, 0.15) is 12.4 Å². The summed E-state index contributed by atoms with van der Waals surface area (Å²) in [4.78, 5) is 5.17. The monoisotopic (exact) mass is 457 g/mol. The van der Waals surface area contributed by atoms with Crippen molar-refractivity contribution in [1.29, 1.82) is 0 Å². The average molecular weight is 458 g/mol. The zero-order valence-electron chi connectivity index (χ0n) is 19.7. The minimum absolute atomic E-state index is 0.211. The number of aryl methyl sites for hydroxylation is 1. The fraction of sp³-hybridized carbons (Fsp3) is 0.345. The molecule has 1 heterocycles. The number of fused-ring (bicyclic) bond motifs is 1. The number of nitrogens with zero attached hydrogens (tertiary/aromatic N) is 1. The molecule has 4 heteroatoms. The van der Waals surface area contributed by atoms with E-state index in [2.05, 4.69) is 86.6 Å². The maximum Gasteiger partial charge on any atom is 0.217 e. The largest absolute Gasteiger partial charge is 0.496 e. The molecule has 0 radical (unpaired) electrons. The van der Waals surface area contributed by atoms with Gasteiger partial charge in [-0.25, -0.2) is 4.99 Å². The van der Waals surface area contributed by atoms with Crippen LogP contribution >= 0.6 is 7.92 Å². The number of aliphatic imine (C=N–C) groups is 1. The summed E-state index contributed by atoms with van der Waals surface area (Å²) in [6.07, 6.45) is 3.76. The van der Waals surface area contributed by atoms with Gasteiger partial charge in [0.05, 0.1) is 13.2 Å². The molecule has 33 heavy (non-hydrogen) atoms. The van der Waals surface area contributed by atoms with Gasteiger partial charge in [0.2, 0.25) is 5.90 Å². The molecule has 2 unspecified atom stereocenters. The Hall–Kier alpha value is -2.64. The summed E-state index contributed by atoms with van der Waals surface area (Å²) in [6, 6.07) is 26.7. The summed E-state index contributed by atoms with van der Waals surface area (Å²) in [5.41, 5.74) is 4.06. The van der Waals surface area contributed by atoms with E-state index < -0.39 is 7.92 Å². The highest BCUT2D eigenvalue weighted by atomic mass is 31.1. The van der Waals surface area contributed by atoms with Crippen molar-refractivity contribution in [1.82, 2.24) is 0 Å². The fourth-order valence-corrected chi connectivity index (χ4v) is 8.73. The highest BCUT2D eigenvalue weighted by Crippen LogP contribution is 2.51. The van der Waals surface area contributed by atoms with E-state index in [1.807, 2.05) is 0 Å². The predicted octanol–water partition coefficient (Wildman–Crippen LogP) is 5.97. The van der Waals surface area contributed by atoms with Crippen molar-refractivity contribution >= 4 is 24.4 Å². The van der Waals surface area contributed by atoms with Crippen molar-refractivity contribution in [2.75, 3.05) is 7.11 Å². The standard InChI is InChI=1S/C29H32NO2P/c1-20-17-22-19-32-29(26(22)18-27(20)31-3)30-21(2)25-15-10-16-28(25)33(23-11-6-4-7-12-23)24-13-8-5-9-14-24/h4-9,11-14,17-18,21,25,28H,10,15-16,19H2,1-3H3/t21-,25?,28?/m1/s1. The van der Waals surface area contributed by atoms with Gasteiger partial charge in [-0.1, -0.05) is 67.1 Å². The Balaban J connectivity index is 1.46. The Morgan fingerprint density at radius 1 is 0.970 bits per heavy atom. The van der Waals surface area contributed by atoms with E-state index in [0.29, 0.717) is 18.2 Å². The van der Waals surface area contributed by atoms with Crippen LogP contribution in [-0.2, 0) is 11.3 Å². The molecule has 3 nitrogen and oxygen atoms in total. The fourth-order valence-electron chi connectivity index (χ4n) is 5.46. The van der Waals surface area contributed by atoms with Gasteiger partial charge in [-0.3, -0.25) is 0 Å². The van der Waals surface area contributed by atoms with E-state index in [-0.39, 0.29) is 6.04 Å². The summed E-state index contributed by atoms with van der Waals surface area (Å²) in [6.45, 7) is 4.96. The van der Waals surface area contributed by atoms with Crippen molar-refractivity contribution in [3.63, 3.8) is 0 Å². The number of hydrogen-bond acceptors (Lipinski definition) is 3. The van der Waals surface area contributed by atoms with Crippen LogP contribution in [0, 0.1) is 12.8 Å². The summed E-state index contributed by atoms with van der Waals surface area (Å²) in [5.74, 6) is 2.23. The summed E-state index contributed by atoms with van der Waals surface area (Å²) < 4.78 is 11.6. The molecule has 170 valence electrons. The van der Waals surface area contributed by atoms with Crippen molar-refractivity contribution < 1.29 is 9.47 Å². The number of ether oxygens (including phenoxy) is 2. The molecule has 3 atom stereocenters. The molecule has 3 aromatic carbocycles. The molecule has 1 fully saturated rings. The summed E-state index contributed by atoms with van der Waals surface area (Å²) in [5, 5.41) is 2.94. The summed E-state index contributed by atoms with van der Waals surface area (Å²) in [7, 11) is 1.29. The molecular formula is C29H32NO2P. The molecule has 0 saturated heterocycles. The topological polar surface area (TPSA) is 30.8 Å². The van der Waals surface area contributed by atoms with Crippen LogP contribution in [0.5, 0.6) is 5.75 Å². The van der Waals surface area contributed by atoms with Crippen molar-refractivity contribution in [3.05, 3.63) is 89.5 Å². The van der Waals surface area contributed by atoms with Crippen molar-refractivity contribution in [3.8, 4) is 5.75 Å². The zero-order chi connectivity index (χ0) is 22.8. The lowest BCUT2D eigenvalue weighted by molar-refractivity contribution is 0.306. The number of hydrogen-bond donors (Lipinski definition) is 0. The molecule has 5 rings (SSSR count). The average Bonchev–Trinajstić information content (AvgIpc) is 3.47. The van der Waals surface area contributed by atoms with E-state index in [4.69, 9.17) is 14.5 Å². The van der Waals surface area contributed by atoms with Crippen LogP contribution in [0.4, 0.5) is 0 Å². The third-order valence-corrected chi connectivity index (χ3v) is 10.1. The minimum atomic E-state index is -0.436. The highest BCUT2D eigenvalue weighted by molar-refractivity contribution is 7.73. The van der Waals surface area contributed by atoms with Crippen LogP contribution in [0.25, 0.3) is 0 Å². The first-order valence-corrected chi connectivity index (χ1v) is 13.3. The lowest BCUT2D eigenvalue weighted by Crippen LogP contribution is -2.30. The highest BCUT2D eigenvalue weighted by Gasteiger charge is 2.38. The second kappa shape index (κ2) is 9.69. The molecule has 0 aromatic heterocycles. The van der Waals surface area contributed by atoms with E-state index in [1.165, 1.54) is 35.4 Å². The second-order valence-electron chi connectivity index (χ2n) is 9.15. The van der Waals surface area contributed by atoms with Crippen molar-refractivity contribution in [2.45, 2.75) is 51.4 Å². The molecule has 1 aliphatic carbocycles. The smallest absolute Gasteiger partial charge is 0.217 e. The van der Waals surface area contributed by atoms with Crippen LogP contribution in [0.1, 0.15) is 42.9 Å². The molecule has 3 aromatic rings. The van der Waals surface area contributed by atoms with Gasteiger partial charge in [-0.2, -0.15) is 0 Å². The van der Waals surface area contributed by atoms with E-state index in [0.717, 1.165) is 22.8 Å². The van der Waals surface area contributed by atoms with E-state index in [9.17, 15) is 0 Å². The first kappa shape index (κ1) is 22.2. The Morgan fingerprint density at radius 3 is 2.27 bits per heavy atom. The van der Waals surface area contributed by atoms with Gasteiger partial charge in [0.15, 0.2) is 0 Å². The van der Waals surface area contributed by atoms with E-state index in [1.54, 1.807) is 7.11 Å². The second-order valence-corrected chi connectivity index (χ2v) is 11.6. The Kier molecular flexibility index (Phi) is 6.51. The lowest BCUT2D eigenvalue weighted by Gasteiger charge is -2.32. The molecule has 0 spiro atoms. The summed E-state index contributed by atoms with van der Waals surface area (Å²) >= 11 is 0. The molecule has 0 N–H and O–H groups in total. The third kappa shape index (κ3) is 4.44. The van der Waals surface area contributed by atoms with Crippen LogP contribution in [0.2, 0.25) is 0 Å². The predicted molar refractivity (Wildman–Crippen MR) is 139 cm³/mol. The normalized spacial score (nSPS) is 21.8. The van der Waals surface area contributed by atoms with Crippen LogP contribution in [0.15, 0.2) is 77.8 Å². The van der Waals surface area contributed by atoms with E-state index >= 15 is 0 Å². The van der Waals surface area contributed by atoms with Crippen LogP contribution < -0.4 is 15.3 Å². The number of rotatable bonds is 6. The molecular weight excluding hydrogens is 425 g/mol. The molecule has 0 amide bonds. The minimum Gasteiger partial charge on any atom is -0.496 e. The lowest BCUT2D eigenvalue weighted by atomic mass is 9.99. The Bertz CT molecular complexity index is 1090. The Morgan fingerprint density at radius 2 is 1.64 bits per heavy atom. The number of methoxy groups -OCH3 is 1. The van der Waals surface area contributed by atoms with Gasteiger partial charge in [-0.05, 0) is 74.5 Å². The third-order valence-electron chi connectivity index (χ3n) is 7.09. The SMILES string of the molecule is COc1cc2c(cc1C)COC2=N[C@H](C)C1CCCC1P(c1ccccc1)c1ccccc1. The van der Waals surface area contributed by atoms with Crippen LogP contribution in [0.3, 0.4) is 0 Å². The molecule has 1 saturated carbocycles. The van der Waals surface area contributed by atoms with Gasteiger partial charge < -0.3 is 9.47 Å². The maximum atomic E-state index is 6.07. The first-order valence-electron chi connectivity index (χ1n) is 11.9. The first-order chi connectivity index (χ1) is 16.2. The molecule has 2 aliphatic rings. The van der Waals surface area contributed by atoms with Gasteiger partial charge in [0, 0.05) is 11.1 Å². The number of benzene rings is 3. The van der Waals surface area contributed by atoms with Crippen molar-refractivity contribution in [2.24, 2.45) is 10.9 Å². The quantitative estimate of drug-likeness (QED) is 0.427.